The number of methoxy groups -OCH3 is 1. The summed E-state index contributed by atoms with van der Waals surface area (Å²) in [5.74, 6) is 0. The summed E-state index contributed by atoms with van der Waals surface area (Å²) in [5, 5.41) is 0. The number of thiol groups is 1. The molecule has 0 aromatic rings. The Hall–Kier alpha value is 0.310. The fraction of sp³-hybridized carbons (Fsp3) is 1.00. The van der Waals surface area contributed by atoms with Crippen LogP contribution in [-0.4, -0.2) is 12.5 Å². The molecule has 0 aromatic carbocycles. The zero-order valence-electron chi connectivity index (χ0n) is 13.3. The Morgan fingerprint density at radius 3 is 1.42 bits per heavy atom. The quantitative estimate of drug-likeness (QED) is 0.209. The SMILES string of the molecule is CCCCCCCCCCCCCCCC(S)OC. The fourth-order valence-corrected chi connectivity index (χ4v) is 2.64. The molecular weight excluding hydrogens is 252 g/mol. The highest BCUT2D eigenvalue weighted by Crippen LogP contribution is 2.14. The summed E-state index contributed by atoms with van der Waals surface area (Å²) in [6, 6.07) is 0. The molecule has 1 atom stereocenters. The van der Waals surface area contributed by atoms with E-state index in [0.717, 1.165) is 6.42 Å². The van der Waals surface area contributed by atoms with Crippen LogP contribution >= 0.6 is 12.6 Å². The predicted molar refractivity (Wildman–Crippen MR) is 90.1 cm³/mol. The standard InChI is InChI=1S/C17H36OS/c1-3-4-5-6-7-8-9-10-11-12-13-14-15-16-17(19)18-2/h17,19H,3-16H2,1-2H3. The van der Waals surface area contributed by atoms with Crippen molar-refractivity contribution in [1.29, 1.82) is 0 Å². The van der Waals surface area contributed by atoms with Gasteiger partial charge in [0.05, 0.1) is 5.44 Å². The zero-order valence-corrected chi connectivity index (χ0v) is 14.2. The molecule has 0 aliphatic carbocycles. The molecule has 0 N–H and O–H groups in total. The second-order valence-corrected chi connectivity index (χ2v) is 6.30. The molecule has 0 aliphatic heterocycles. The Morgan fingerprint density at radius 1 is 0.684 bits per heavy atom. The average Bonchev–Trinajstić information content (AvgIpc) is 2.43. The van der Waals surface area contributed by atoms with Crippen molar-refractivity contribution in [2.24, 2.45) is 0 Å². The summed E-state index contributed by atoms with van der Waals surface area (Å²) in [4.78, 5) is 0. The van der Waals surface area contributed by atoms with Crippen molar-refractivity contribution in [3.8, 4) is 0 Å². The van der Waals surface area contributed by atoms with Crippen LogP contribution < -0.4 is 0 Å². The van der Waals surface area contributed by atoms with Crippen molar-refractivity contribution in [2.75, 3.05) is 7.11 Å². The van der Waals surface area contributed by atoms with Gasteiger partial charge in [-0.1, -0.05) is 90.4 Å². The summed E-state index contributed by atoms with van der Waals surface area (Å²) in [6.07, 6.45) is 19.4. The molecule has 116 valence electrons. The minimum absolute atomic E-state index is 0.146. The number of ether oxygens (including phenoxy) is 1. The van der Waals surface area contributed by atoms with Gasteiger partial charge in [-0.05, 0) is 6.42 Å². The molecule has 0 aromatic heterocycles. The maximum Gasteiger partial charge on any atom is 0.0995 e. The minimum Gasteiger partial charge on any atom is -0.371 e. The first-order valence-corrected chi connectivity index (χ1v) is 9.03. The second-order valence-electron chi connectivity index (χ2n) is 5.72. The Balaban J connectivity index is 2.95. The molecular formula is C17H36OS. The molecule has 0 amide bonds. The van der Waals surface area contributed by atoms with E-state index in [2.05, 4.69) is 19.6 Å². The van der Waals surface area contributed by atoms with Crippen LogP contribution in [0.3, 0.4) is 0 Å². The molecule has 2 heteroatoms. The van der Waals surface area contributed by atoms with Gasteiger partial charge in [0.2, 0.25) is 0 Å². The van der Waals surface area contributed by atoms with E-state index in [1.165, 1.54) is 83.5 Å². The van der Waals surface area contributed by atoms with Gasteiger partial charge < -0.3 is 4.74 Å². The van der Waals surface area contributed by atoms with Gasteiger partial charge >= 0.3 is 0 Å². The molecule has 0 fully saturated rings. The maximum atomic E-state index is 5.12. The molecule has 0 heterocycles. The largest absolute Gasteiger partial charge is 0.371 e. The summed E-state index contributed by atoms with van der Waals surface area (Å²) < 4.78 is 5.12. The Bertz CT molecular complexity index is 161. The van der Waals surface area contributed by atoms with Crippen molar-refractivity contribution in [3.63, 3.8) is 0 Å². The van der Waals surface area contributed by atoms with Crippen LogP contribution in [0.25, 0.3) is 0 Å². The smallest absolute Gasteiger partial charge is 0.0995 e. The second kappa shape index (κ2) is 16.4. The molecule has 1 nitrogen and oxygen atoms in total. The summed E-state index contributed by atoms with van der Waals surface area (Å²) in [7, 11) is 1.74. The van der Waals surface area contributed by atoms with E-state index in [-0.39, 0.29) is 5.44 Å². The molecule has 0 rings (SSSR count). The third-order valence-electron chi connectivity index (χ3n) is 3.83. The summed E-state index contributed by atoms with van der Waals surface area (Å²) in [5.41, 5.74) is 0.146. The molecule has 1 unspecified atom stereocenters. The molecule has 0 saturated carbocycles. The predicted octanol–water partition coefficient (Wildman–Crippen LogP) is 6.37. The highest BCUT2D eigenvalue weighted by Gasteiger charge is 1.99. The van der Waals surface area contributed by atoms with E-state index in [1.807, 2.05) is 0 Å². The third-order valence-corrected chi connectivity index (χ3v) is 4.30. The van der Waals surface area contributed by atoms with Crippen molar-refractivity contribution in [2.45, 2.75) is 102 Å². The van der Waals surface area contributed by atoms with Gasteiger partial charge in [0.15, 0.2) is 0 Å². The first-order valence-electron chi connectivity index (χ1n) is 8.52. The maximum absolute atomic E-state index is 5.12. The van der Waals surface area contributed by atoms with Gasteiger partial charge in [-0.2, -0.15) is 0 Å². The van der Waals surface area contributed by atoms with Crippen molar-refractivity contribution in [3.05, 3.63) is 0 Å². The normalized spacial score (nSPS) is 12.8. The van der Waals surface area contributed by atoms with Crippen LogP contribution in [0.1, 0.15) is 96.8 Å². The number of hydrogen-bond donors (Lipinski definition) is 1. The number of unbranched alkanes of at least 4 members (excludes halogenated alkanes) is 12. The lowest BCUT2D eigenvalue weighted by molar-refractivity contribution is 0.164. The Kier molecular flexibility index (Phi) is 16.6. The lowest BCUT2D eigenvalue weighted by Gasteiger charge is -2.07. The molecule has 0 saturated heterocycles. The zero-order chi connectivity index (χ0) is 14.2. The van der Waals surface area contributed by atoms with Crippen molar-refractivity contribution >= 4 is 12.6 Å². The van der Waals surface area contributed by atoms with E-state index >= 15 is 0 Å². The van der Waals surface area contributed by atoms with Gasteiger partial charge in [0.1, 0.15) is 0 Å². The highest BCUT2D eigenvalue weighted by atomic mass is 32.1. The lowest BCUT2D eigenvalue weighted by atomic mass is 10.0. The van der Waals surface area contributed by atoms with E-state index in [0.29, 0.717) is 0 Å². The average molecular weight is 289 g/mol. The number of rotatable bonds is 15. The van der Waals surface area contributed by atoms with Gasteiger partial charge in [-0.15, -0.1) is 12.6 Å². The topological polar surface area (TPSA) is 9.23 Å². The fourth-order valence-electron chi connectivity index (χ4n) is 2.45. The van der Waals surface area contributed by atoms with E-state index in [4.69, 9.17) is 4.74 Å². The van der Waals surface area contributed by atoms with Gasteiger partial charge in [0.25, 0.3) is 0 Å². The Morgan fingerprint density at radius 2 is 1.05 bits per heavy atom. The molecule has 0 aliphatic rings. The molecule has 0 radical (unpaired) electrons. The summed E-state index contributed by atoms with van der Waals surface area (Å²) in [6.45, 7) is 2.28. The van der Waals surface area contributed by atoms with Gasteiger partial charge in [-0.3, -0.25) is 0 Å². The van der Waals surface area contributed by atoms with Crippen molar-refractivity contribution in [1.82, 2.24) is 0 Å². The van der Waals surface area contributed by atoms with Crippen LogP contribution in [0.2, 0.25) is 0 Å². The van der Waals surface area contributed by atoms with Crippen LogP contribution in [0.4, 0.5) is 0 Å². The monoisotopic (exact) mass is 288 g/mol. The van der Waals surface area contributed by atoms with E-state index < -0.39 is 0 Å². The highest BCUT2D eigenvalue weighted by molar-refractivity contribution is 7.80. The van der Waals surface area contributed by atoms with E-state index in [9.17, 15) is 0 Å². The van der Waals surface area contributed by atoms with Crippen LogP contribution in [-0.2, 0) is 4.74 Å². The van der Waals surface area contributed by atoms with Gasteiger partial charge in [-0.25, -0.2) is 0 Å². The lowest BCUT2D eigenvalue weighted by Crippen LogP contribution is -2.00. The summed E-state index contributed by atoms with van der Waals surface area (Å²) >= 11 is 4.32. The third kappa shape index (κ3) is 16.3. The van der Waals surface area contributed by atoms with Crippen LogP contribution in [0, 0.1) is 0 Å². The van der Waals surface area contributed by atoms with Crippen LogP contribution in [0.5, 0.6) is 0 Å². The van der Waals surface area contributed by atoms with Crippen LogP contribution in [0.15, 0.2) is 0 Å². The van der Waals surface area contributed by atoms with Crippen molar-refractivity contribution < 1.29 is 4.74 Å². The molecule has 0 spiro atoms. The Labute approximate surface area is 127 Å². The van der Waals surface area contributed by atoms with E-state index in [1.54, 1.807) is 7.11 Å². The number of hydrogen-bond acceptors (Lipinski definition) is 2. The van der Waals surface area contributed by atoms with Gasteiger partial charge in [0, 0.05) is 7.11 Å². The minimum atomic E-state index is 0.146. The first kappa shape index (κ1) is 19.3. The molecule has 19 heavy (non-hydrogen) atoms. The molecule has 0 bridgehead atoms. The first-order chi connectivity index (χ1) is 9.31.